The predicted octanol–water partition coefficient (Wildman–Crippen LogP) is 3.03. The second-order valence-electron chi connectivity index (χ2n) is 4.94. The fraction of sp³-hybridized carbons (Fsp3) is 0.357. The number of hydrogen-bond donors (Lipinski definition) is 0. The first-order valence-corrected chi connectivity index (χ1v) is 9.13. The van der Waals surface area contributed by atoms with E-state index in [0.717, 1.165) is 5.56 Å². The van der Waals surface area contributed by atoms with Crippen LogP contribution in [0.1, 0.15) is 15.9 Å². The van der Waals surface area contributed by atoms with Gasteiger partial charge in [-0.1, -0.05) is 43.8 Å². The molecule has 0 aliphatic heterocycles. The summed E-state index contributed by atoms with van der Waals surface area (Å²) in [7, 11) is -1.37. The minimum absolute atomic E-state index is 0.178. The molecule has 2 nitrogen and oxygen atoms in total. The maximum Gasteiger partial charge on any atom is 0.339 e. The van der Waals surface area contributed by atoms with E-state index in [1.165, 1.54) is 0 Å². The second-order valence-corrected chi connectivity index (χ2v) is 9.69. The quantitative estimate of drug-likeness (QED) is 0.455. The van der Waals surface area contributed by atoms with Crippen molar-refractivity contribution in [1.29, 1.82) is 0 Å². The summed E-state index contributed by atoms with van der Waals surface area (Å²) in [6, 6.07) is 7.39. The highest BCUT2D eigenvalue weighted by molar-refractivity contribution is 6.83. The Balaban J connectivity index is 2.57. The van der Waals surface area contributed by atoms with Crippen molar-refractivity contribution in [3.63, 3.8) is 0 Å². The topological polar surface area (TPSA) is 26.3 Å². The molecule has 0 fully saturated rings. The average Bonchev–Trinajstić information content (AvgIpc) is 2.23. The maximum atomic E-state index is 11.7. The van der Waals surface area contributed by atoms with Crippen LogP contribution in [-0.2, 0) is 4.74 Å². The fourth-order valence-electron chi connectivity index (χ4n) is 1.28. The molecule has 17 heavy (non-hydrogen) atoms. The molecule has 3 heteroatoms. The second kappa shape index (κ2) is 5.69. The maximum absolute atomic E-state index is 11.7. The lowest BCUT2D eigenvalue weighted by molar-refractivity contribution is 0.0556. The van der Waals surface area contributed by atoms with Crippen molar-refractivity contribution in [3.05, 3.63) is 35.4 Å². The van der Waals surface area contributed by atoms with Gasteiger partial charge in [0.15, 0.2) is 6.61 Å². The Hall–Kier alpha value is -1.53. The van der Waals surface area contributed by atoms with Crippen LogP contribution < -0.4 is 0 Å². The van der Waals surface area contributed by atoms with Crippen molar-refractivity contribution in [2.75, 3.05) is 6.61 Å². The lowest BCUT2D eigenvalue weighted by atomic mass is 10.1. The van der Waals surface area contributed by atoms with Crippen LogP contribution in [0.4, 0.5) is 0 Å². The van der Waals surface area contributed by atoms with Gasteiger partial charge in [0, 0.05) is 0 Å². The summed E-state index contributed by atoms with van der Waals surface area (Å²) in [5, 5.41) is 0. The molecule has 0 bridgehead atoms. The summed E-state index contributed by atoms with van der Waals surface area (Å²) in [5.41, 5.74) is 4.69. The summed E-state index contributed by atoms with van der Waals surface area (Å²) < 4.78 is 5.11. The molecule has 0 spiro atoms. The summed E-state index contributed by atoms with van der Waals surface area (Å²) in [5.74, 6) is 2.62. The number of aryl methyl sites for hydroxylation is 1. The van der Waals surface area contributed by atoms with Crippen LogP contribution >= 0.6 is 0 Å². The molecule has 0 saturated heterocycles. The number of hydrogen-bond acceptors (Lipinski definition) is 2. The standard InChI is InChI=1S/C14H18O2Si/c1-12-8-5-6-9-13(12)14(15)16-10-7-11-17(2,3)4/h5-6,8-9H,10H2,1-4H3. The Morgan fingerprint density at radius 1 is 1.29 bits per heavy atom. The zero-order chi connectivity index (χ0) is 12.9. The van der Waals surface area contributed by atoms with Crippen LogP contribution in [-0.4, -0.2) is 20.7 Å². The van der Waals surface area contributed by atoms with Gasteiger partial charge in [-0.15, -0.1) is 5.54 Å². The molecule has 0 aliphatic rings. The van der Waals surface area contributed by atoms with Gasteiger partial charge >= 0.3 is 5.97 Å². The Bertz CT molecular complexity index is 461. The smallest absolute Gasteiger partial charge is 0.339 e. The molecule has 1 aromatic carbocycles. The van der Waals surface area contributed by atoms with Crippen molar-refractivity contribution in [2.45, 2.75) is 26.6 Å². The van der Waals surface area contributed by atoms with E-state index in [4.69, 9.17) is 4.74 Å². The average molecular weight is 246 g/mol. The van der Waals surface area contributed by atoms with E-state index in [9.17, 15) is 4.79 Å². The summed E-state index contributed by atoms with van der Waals surface area (Å²) in [4.78, 5) is 11.7. The van der Waals surface area contributed by atoms with Gasteiger partial charge in [-0.25, -0.2) is 4.79 Å². The molecule has 0 unspecified atom stereocenters. The van der Waals surface area contributed by atoms with Gasteiger partial charge in [-0.2, -0.15) is 0 Å². The van der Waals surface area contributed by atoms with Crippen LogP contribution in [0.15, 0.2) is 24.3 Å². The van der Waals surface area contributed by atoms with Gasteiger partial charge in [-0.05, 0) is 18.6 Å². The Kier molecular flexibility index (Phi) is 4.53. The number of rotatable bonds is 2. The van der Waals surface area contributed by atoms with E-state index in [2.05, 4.69) is 31.1 Å². The highest BCUT2D eigenvalue weighted by Gasteiger charge is 2.09. The summed E-state index contributed by atoms with van der Waals surface area (Å²) in [6.07, 6.45) is 0. The highest BCUT2D eigenvalue weighted by atomic mass is 28.3. The molecule has 1 aromatic rings. The number of carbonyl (C=O) groups excluding carboxylic acids is 1. The first-order valence-electron chi connectivity index (χ1n) is 5.63. The van der Waals surface area contributed by atoms with E-state index in [0.29, 0.717) is 5.56 Å². The predicted molar refractivity (Wildman–Crippen MR) is 72.6 cm³/mol. The monoisotopic (exact) mass is 246 g/mol. The van der Waals surface area contributed by atoms with Gasteiger partial charge in [0.2, 0.25) is 0 Å². The largest absolute Gasteiger partial charge is 0.449 e. The van der Waals surface area contributed by atoms with Crippen molar-refractivity contribution < 1.29 is 9.53 Å². The highest BCUT2D eigenvalue weighted by Crippen LogP contribution is 2.08. The molecule has 0 atom stereocenters. The van der Waals surface area contributed by atoms with Crippen molar-refractivity contribution in [1.82, 2.24) is 0 Å². The minimum atomic E-state index is -1.37. The molecular formula is C14H18O2Si. The van der Waals surface area contributed by atoms with Crippen LogP contribution in [0.2, 0.25) is 19.6 Å². The minimum Gasteiger partial charge on any atom is -0.449 e. The zero-order valence-corrected chi connectivity index (χ0v) is 11.8. The van der Waals surface area contributed by atoms with Gasteiger partial charge in [0.25, 0.3) is 0 Å². The Labute approximate surface area is 104 Å². The normalized spacial score (nSPS) is 10.4. The molecule has 1 rings (SSSR count). The fourth-order valence-corrected chi connectivity index (χ4v) is 1.89. The molecule has 0 aromatic heterocycles. The van der Waals surface area contributed by atoms with E-state index < -0.39 is 8.07 Å². The molecular weight excluding hydrogens is 228 g/mol. The summed E-state index contributed by atoms with van der Waals surface area (Å²) >= 11 is 0. The third-order valence-electron chi connectivity index (χ3n) is 2.10. The molecule has 90 valence electrons. The molecule has 0 radical (unpaired) electrons. The lowest BCUT2D eigenvalue weighted by Crippen LogP contribution is -2.17. The molecule has 0 N–H and O–H groups in total. The molecule has 0 aliphatic carbocycles. The number of esters is 1. The van der Waals surface area contributed by atoms with Crippen LogP contribution in [0.5, 0.6) is 0 Å². The Morgan fingerprint density at radius 2 is 1.94 bits per heavy atom. The third kappa shape index (κ3) is 4.88. The first-order chi connectivity index (χ1) is 7.90. The van der Waals surface area contributed by atoms with E-state index >= 15 is 0 Å². The SMILES string of the molecule is Cc1ccccc1C(=O)OCC#C[Si](C)(C)C. The van der Waals surface area contributed by atoms with Gasteiger partial charge < -0.3 is 4.74 Å². The van der Waals surface area contributed by atoms with Crippen molar-refractivity contribution in [2.24, 2.45) is 0 Å². The number of ether oxygens (including phenoxy) is 1. The number of benzene rings is 1. The third-order valence-corrected chi connectivity index (χ3v) is 3.03. The van der Waals surface area contributed by atoms with E-state index in [-0.39, 0.29) is 12.6 Å². The number of carbonyl (C=O) groups is 1. The zero-order valence-electron chi connectivity index (χ0n) is 10.8. The lowest BCUT2D eigenvalue weighted by Gasteiger charge is -2.05. The van der Waals surface area contributed by atoms with Crippen molar-refractivity contribution in [3.8, 4) is 11.5 Å². The van der Waals surface area contributed by atoms with E-state index in [1.54, 1.807) is 6.07 Å². The van der Waals surface area contributed by atoms with Crippen LogP contribution in [0.25, 0.3) is 0 Å². The molecule has 0 saturated carbocycles. The van der Waals surface area contributed by atoms with Gasteiger partial charge in [-0.3, -0.25) is 0 Å². The van der Waals surface area contributed by atoms with Gasteiger partial charge in [0.05, 0.1) is 5.56 Å². The van der Waals surface area contributed by atoms with Gasteiger partial charge in [0.1, 0.15) is 8.07 Å². The van der Waals surface area contributed by atoms with Crippen LogP contribution in [0.3, 0.4) is 0 Å². The Morgan fingerprint density at radius 3 is 2.53 bits per heavy atom. The molecule has 0 heterocycles. The molecule has 0 amide bonds. The summed E-state index contributed by atoms with van der Waals surface area (Å²) in [6.45, 7) is 8.54. The first kappa shape index (κ1) is 13.5. The van der Waals surface area contributed by atoms with E-state index in [1.807, 2.05) is 25.1 Å². The van der Waals surface area contributed by atoms with Crippen LogP contribution in [0, 0.1) is 18.4 Å². The van der Waals surface area contributed by atoms with Crippen molar-refractivity contribution >= 4 is 14.0 Å².